The first-order chi connectivity index (χ1) is 10.8. The van der Waals surface area contributed by atoms with E-state index in [-0.39, 0.29) is 11.8 Å². The molecule has 0 atom stereocenters. The molecule has 6 heteroatoms. The molecular weight excluding hydrogens is 282 g/mol. The van der Waals surface area contributed by atoms with Crippen molar-refractivity contribution in [1.82, 2.24) is 10.1 Å². The lowest BCUT2D eigenvalue weighted by atomic mass is 10.2. The van der Waals surface area contributed by atoms with Crippen LogP contribution in [0.5, 0.6) is 0 Å². The summed E-state index contributed by atoms with van der Waals surface area (Å²) in [7, 11) is 0. The van der Waals surface area contributed by atoms with E-state index in [0.717, 1.165) is 29.7 Å². The van der Waals surface area contributed by atoms with E-state index in [1.165, 1.54) is 0 Å². The molecule has 2 aromatic heterocycles. The van der Waals surface area contributed by atoms with Crippen molar-refractivity contribution < 1.29 is 13.7 Å². The molecule has 0 unspecified atom stereocenters. The highest BCUT2D eigenvalue weighted by Gasteiger charge is 2.29. The molecule has 110 valence electrons. The molecule has 1 fully saturated rings. The fourth-order valence-corrected chi connectivity index (χ4v) is 2.17. The summed E-state index contributed by atoms with van der Waals surface area (Å²) in [4.78, 5) is 16.2. The Morgan fingerprint density at radius 3 is 2.91 bits per heavy atom. The van der Waals surface area contributed by atoms with E-state index in [2.05, 4.69) is 15.5 Å². The highest BCUT2D eigenvalue weighted by atomic mass is 16.5. The van der Waals surface area contributed by atoms with Crippen molar-refractivity contribution in [3.8, 4) is 22.8 Å². The molecule has 0 bridgehead atoms. The number of hydrogen-bond acceptors (Lipinski definition) is 5. The maximum absolute atomic E-state index is 11.8. The van der Waals surface area contributed by atoms with Crippen LogP contribution in [0.4, 0.5) is 5.69 Å². The minimum Gasteiger partial charge on any atom is -0.472 e. The molecule has 1 aliphatic carbocycles. The summed E-state index contributed by atoms with van der Waals surface area (Å²) in [6.07, 6.45) is 5.05. The van der Waals surface area contributed by atoms with Crippen molar-refractivity contribution in [2.45, 2.75) is 12.8 Å². The zero-order chi connectivity index (χ0) is 14.9. The average Bonchev–Trinajstić information content (AvgIpc) is 3.04. The molecule has 0 aliphatic heterocycles. The molecule has 22 heavy (non-hydrogen) atoms. The summed E-state index contributed by atoms with van der Waals surface area (Å²) in [5, 5.41) is 6.88. The summed E-state index contributed by atoms with van der Waals surface area (Å²) < 4.78 is 10.2. The van der Waals surface area contributed by atoms with Crippen LogP contribution in [0.15, 0.2) is 51.8 Å². The number of carbonyl (C=O) groups is 1. The van der Waals surface area contributed by atoms with Crippen molar-refractivity contribution in [3.05, 3.63) is 42.9 Å². The Labute approximate surface area is 126 Å². The van der Waals surface area contributed by atoms with Crippen molar-refractivity contribution >= 4 is 11.6 Å². The fourth-order valence-electron chi connectivity index (χ4n) is 2.17. The van der Waals surface area contributed by atoms with Crippen LogP contribution in [-0.4, -0.2) is 16.0 Å². The van der Waals surface area contributed by atoms with Gasteiger partial charge < -0.3 is 14.3 Å². The van der Waals surface area contributed by atoms with Gasteiger partial charge in [0.1, 0.15) is 6.26 Å². The molecule has 1 amide bonds. The summed E-state index contributed by atoms with van der Waals surface area (Å²) in [5.41, 5.74) is 2.26. The van der Waals surface area contributed by atoms with Crippen LogP contribution in [0.1, 0.15) is 12.8 Å². The van der Waals surface area contributed by atoms with Gasteiger partial charge in [0, 0.05) is 17.2 Å². The Morgan fingerprint density at radius 1 is 1.23 bits per heavy atom. The van der Waals surface area contributed by atoms with Crippen molar-refractivity contribution in [1.29, 1.82) is 0 Å². The summed E-state index contributed by atoms with van der Waals surface area (Å²) >= 11 is 0. The van der Waals surface area contributed by atoms with E-state index >= 15 is 0 Å². The predicted molar refractivity (Wildman–Crippen MR) is 78.8 cm³/mol. The third-order valence-electron chi connectivity index (χ3n) is 3.53. The Morgan fingerprint density at radius 2 is 2.14 bits per heavy atom. The molecule has 0 spiro atoms. The van der Waals surface area contributed by atoms with Gasteiger partial charge in [-0.05, 0) is 31.0 Å². The number of benzene rings is 1. The molecule has 1 N–H and O–H groups in total. The molecule has 2 heterocycles. The molecule has 6 nitrogen and oxygen atoms in total. The van der Waals surface area contributed by atoms with Crippen LogP contribution in [0.3, 0.4) is 0 Å². The topological polar surface area (TPSA) is 81.2 Å². The van der Waals surface area contributed by atoms with Gasteiger partial charge in [0.25, 0.3) is 5.89 Å². The van der Waals surface area contributed by atoms with Gasteiger partial charge >= 0.3 is 0 Å². The van der Waals surface area contributed by atoms with Gasteiger partial charge in [0.05, 0.1) is 11.8 Å². The lowest BCUT2D eigenvalue weighted by Gasteiger charge is -2.04. The Balaban J connectivity index is 1.58. The molecule has 0 radical (unpaired) electrons. The molecule has 1 aromatic carbocycles. The zero-order valence-electron chi connectivity index (χ0n) is 11.7. The fraction of sp³-hybridized carbons (Fsp3) is 0.188. The molecule has 0 saturated heterocycles. The van der Waals surface area contributed by atoms with Crippen molar-refractivity contribution in [3.63, 3.8) is 0 Å². The van der Waals surface area contributed by atoms with Gasteiger partial charge in [-0.25, -0.2) is 0 Å². The molecule has 1 aliphatic rings. The number of amides is 1. The van der Waals surface area contributed by atoms with Gasteiger partial charge in [0.2, 0.25) is 11.7 Å². The molecule has 1 saturated carbocycles. The van der Waals surface area contributed by atoms with Crippen LogP contribution in [0.2, 0.25) is 0 Å². The van der Waals surface area contributed by atoms with Crippen LogP contribution in [0, 0.1) is 5.92 Å². The first-order valence-electron chi connectivity index (χ1n) is 7.07. The maximum Gasteiger partial charge on any atom is 0.261 e. The average molecular weight is 295 g/mol. The molecular formula is C16H13N3O3. The van der Waals surface area contributed by atoms with E-state index in [1.54, 1.807) is 18.6 Å². The highest BCUT2D eigenvalue weighted by molar-refractivity contribution is 5.94. The zero-order valence-corrected chi connectivity index (χ0v) is 11.7. The quantitative estimate of drug-likeness (QED) is 0.798. The number of carbonyl (C=O) groups excluding carboxylic acids is 1. The lowest BCUT2D eigenvalue weighted by Crippen LogP contribution is -2.13. The largest absolute Gasteiger partial charge is 0.472 e. The number of hydrogen-bond donors (Lipinski definition) is 1. The van der Waals surface area contributed by atoms with Gasteiger partial charge in [-0.3, -0.25) is 4.79 Å². The summed E-state index contributed by atoms with van der Waals surface area (Å²) in [5.74, 6) is 1.11. The van der Waals surface area contributed by atoms with Crippen molar-refractivity contribution in [2.24, 2.45) is 5.92 Å². The Bertz CT molecular complexity index is 804. The number of nitrogens with one attached hydrogen (secondary N) is 1. The lowest BCUT2D eigenvalue weighted by molar-refractivity contribution is -0.117. The van der Waals surface area contributed by atoms with Gasteiger partial charge in [-0.1, -0.05) is 17.3 Å². The van der Waals surface area contributed by atoms with E-state index in [9.17, 15) is 4.79 Å². The maximum atomic E-state index is 11.8. The number of furan rings is 1. The SMILES string of the molecule is O=C(Nc1cccc(-c2noc(-c3ccoc3)n2)c1)C1CC1. The first-order valence-corrected chi connectivity index (χ1v) is 7.07. The Kier molecular flexibility index (Phi) is 3.00. The van der Waals surface area contributed by atoms with Gasteiger partial charge in [-0.2, -0.15) is 4.98 Å². The van der Waals surface area contributed by atoms with Crippen LogP contribution < -0.4 is 5.32 Å². The van der Waals surface area contributed by atoms with E-state index < -0.39 is 0 Å². The van der Waals surface area contributed by atoms with E-state index in [1.807, 2.05) is 24.3 Å². The second kappa shape index (κ2) is 5.14. The summed E-state index contributed by atoms with van der Waals surface area (Å²) in [6.45, 7) is 0. The Hall–Kier alpha value is -2.89. The van der Waals surface area contributed by atoms with Crippen LogP contribution in [0.25, 0.3) is 22.8 Å². The number of rotatable bonds is 4. The van der Waals surface area contributed by atoms with Crippen molar-refractivity contribution in [2.75, 3.05) is 5.32 Å². The minimum absolute atomic E-state index is 0.0735. The minimum atomic E-state index is 0.0735. The predicted octanol–water partition coefficient (Wildman–Crippen LogP) is 3.35. The third kappa shape index (κ3) is 2.50. The number of aromatic nitrogens is 2. The second-order valence-corrected chi connectivity index (χ2v) is 5.28. The first kappa shape index (κ1) is 12.8. The van der Waals surface area contributed by atoms with Crippen LogP contribution in [-0.2, 0) is 4.79 Å². The molecule has 3 aromatic rings. The normalized spacial score (nSPS) is 14.0. The second-order valence-electron chi connectivity index (χ2n) is 5.28. The van der Waals surface area contributed by atoms with Gasteiger partial charge in [-0.15, -0.1) is 0 Å². The van der Waals surface area contributed by atoms with E-state index in [0.29, 0.717) is 11.7 Å². The monoisotopic (exact) mass is 295 g/mol. The smallest absolute Gasteiger partial charge is 0.261 e. The standard InChI is InChI=1S/C16H13N3O3/c20-15(10-4-5-10)17-13-3-1-2-11(8-13)14-18-16(22-19-14)12-6-7-21-9-12/h1-3,6-10H,4-5H2,(H,17,20). The number of anilines is 1. The highest BCUT2D eigenvalue weighted by Crippen LogP contribution is 2.31. The molecule has 4 rings (SSSR count). The van der Waals surface area contributed by atoms with Crippen LogP contribution >= 0.6 is 0 Å². The van der Waals surface area contributed by atoms with E-state index in [4.69, 9.17) is 8.94 Å². The number of nitrogens with zero attached hydrogens (tertiary/aromatic N) is 2. The third-order valence-corrected chi connectivity index (χ3v) is 3.53. The van der Waals surface area contributed by atoms with Gasteiger partial charge in [0.15, 0.2) is 0 Å². The summed E-state index contributed by atoms with van der Waals surface area (Å²) in [6, 6.07) is 9.16.